The van der Waals surface area contributed by atoms with Crippen LogP contribution in [0.1, 0.15) is 41.9 Å². The zero-order valence-corrected chi connectivity index (χ0v) is 23.2. The van der Waals surface area contributed by atoms with Crippen LogP contribution in [0, 0.1) is 0 Å². The molecule has 3 rings (SSSR count). The third-order valence-corrected chi connectivity index (χ3v) is 8.89. The van der Waals surface area contributed by atoms with Crippen molar-refractivity contribution in [1.82, 2.24) is 4.98 Å². The molecule has 1 aliphatic heterocycles. The van der Waals surface area contributed by atoms with Crippen LogP contribution in [0.2, 0.25) is 0 Å². The van der Waals surface area contributed by atoms with E-state index in [1.165, 1.54) is 0 Å². The Kier molecular flexibility index (Phi) is 10.8. The third kappa shape index (κ3) is 8.36. The van der Waals surface area contributed by atoms with Crippen molar-refractivity contribution in [3.05, 3.63) is 101 Å². The maximum absolute atomic E-state index is 12.3. The van der Waals surface area contributed by atoms with Crippen LogP contribution in [0.15, 0.2) is 84.6 Å². The molecule has 1 aliphatic rings. The Morgan fingerprint density at radius 2 is 1.66 bits per heavy atom. The highest BCUT2D eigenvalue weighted by molar-refractivity contribution is 8.17. The van der Waals surface area contributed by atoms with Crippen molar-refractivity contribution in [2.24, 2.45) is 0 Å². The maximum atomic E-state index is 12.3. The van der Waals surface area contributed by atoms with Gasteiger partial charge in [0.15, 0.2) is 0 Å². The fraction of sp³-hybridized carbons (Fsp3) is 0.310. The number of thioether (sulfide) groups is 2. The monoisotopic (exact) mass is 553 g/mol. The van der Waals surface area contributed by atoms with E-state index in [9.17, 15) is 14.4 Å². The molecule has 0 radical (unpaired) electrons. The Bertz CT molecular complexity index is 1210. The van der Waals surface area contributed by atoms with Crippen molar-refractivity contribution in [1.29, 1.82) is 0 Å². The molecule has 0 saturated carbocycles. The number of allylic oxidation sites excluding steroid dienone is 1. The summed E-state index contributed by atoms with van der Waals surface area (Å²) in [5.74, 6) is 0.0579. The van der Waals surface area contributed by atoms with Crippen molar-refractivity contribution in [2.75, 3.05) is 25.6 Å². The molecular formula is C29H31NO6S2. The number of benzene rings is 1. The summed E-state index contributed by atoms with van der Waals surface area (Å²) in [5, 5.41) is 0. The summed E-state index contributed by atoms with van der Waals surface area (Å²) < 4.78 is 15.1. The highest BCUT2D eigenvalue weighted by Gasteiger charge is 2.36. The highest BCUT2D eigenvalue weighted by atomic mass is 32.2. The fourth-order valence-electron chi connectivity index (χ4n) is 3.34. The lowest BCUT2D eigenvalue weighted by Crippen LogP contribution is -2.24. The molecule has 1 aromatic heterocycles. The second-order valence-corrected chi connectivity index (χ2v) is 11.5. The molecule has 200 valence electrons. The minimum Gasteiger partial charge on any atom is -0.459 e. The first kappa shape index (κ1) is 29.3. The second-order valence-electron chi connectivity index (χ2n) is 8.72. The molecule has 1 unspecified atom stereocenters. The molecule has 2 aromatic rings. The van der Waals surface area contributed by atoms with Gasteiger partial charge in [0.25, 0.3) is 0 Å². The highest BCUT2D eigenvalue weighted by Crippen LogP contribution is 2.52. The van der Waals surface area contributed by atoms with Gasteiger partial charge in [0.05, 0.1) is 11.3 Å². The van der Waals surface area contributed by atoms with Gasteiger partial charge in [-0.1, -0.05) is 37.4 Å². The van der Waals surface area contributed by atoms with E-state index in [4.69, 9.17) is 14.2 Å². The first-order chi connectivity index (χ1) is 18.2. The molecule has 0 amide bonds. The van der Waals surface area contributed by atoms with Crippen LogP contribution in [0.3, 0.4) is 0 Å². The van der Waals surface area contributed by atoms with E-state index in [2.05, 4.69) is 24.2 Å². The molecule has 0 bridgehead atoms. The Hall–Kier alpha value is -3.30. The summed E-state index contributed by atoms with van der Waals surface area (Å²) in [7, 11) is 0. The number of esters is 3. The molecule has 1 atom stereocenters. The second kappa shape index (κ2) is 14.0. The van der Waals surface area contributed by atoms with Crippen molar-refractivity contribution in [3.63, 3.8) is 0 Å². The molecule has 9 heteroatoms. The predicted molar refractivity (Wildman–Crippen MR) is 151 cm³/mol. The van der Waals surface area contributed by atoms with Crippen molar-refractivity contribution < 1.29 is 28.6 Å². The summed E-state index contributed by atoms with van der Waals surface area (Å²) in [6.07, 6.45) is 4.67. The summed E-state index contributed by atoms with van der Waals surface area (Å²) in [5.41, 5.74) is 4.21. The van der Waals surface area contributed by atoms with Gasteiger partial charge in [0, 0.05) is 28.8 Å². The SMILES string of the molecule is C=C(C)C(=O)OCCOC(=O)c1ccc(CSC2(c3ccccn3)CC=C(COC(=O)C(=C)C)CS2)cc1. The quantitative estimate of drug-likeness (QED) is 0.109. The lowest BCUT2D eigenvalue weighted by atomic mass is 10.1. The van der Waals surface area contributed by atoms with Crippen molar-refractivity contribution in [2.45, 2.75) is 30.1 Å². The van der Waals surface area contributed by atoms with Gasteiger partial charge in [-0.05, 0) is 55.7 Å². The van der Waals surface area contributed by atoms with E-state index in [1.54, 1.807) is 55.7 Å². The van der Waals surface area contributed by atoms with Crippen molar-refractivity contribution >= 4 is 41.4 Å². The average Bonchev–Trinajstić information content (AvgIpc) is 2.93. The summed E-state index contributed by atoms with van der Waals surface area (Å²) >= 11 is 3.56. The van der Waals surface area contributed by atoms with Gasteiger partial charge in [0.1, 0.15) is 23.9 Å². The molecule has 0 spiro atoms. The third-order valence-electron chi connectivity index (χ3n) is 5.50. The number of ether oxygens (including phenoxy) is 3. The first-order valence-corrected chi connectivity index (χ1v) is 14.0. The summed E-state index contributed by atoms with van der Waals surface area (Å²) in [6.45, 7) is 10.5. The number of rotatable bonds is 12. The summed E-state index contributed by atoms with van der Waals surface area (Å²) in [6, 6.07) is 13.2. The average molecular weight is 554 g/mol. The Balaban J connectivity index is 1.59. The molecule has 0 aliphatic carbocycles. The van der Waals surface area contributed by atoms with Crippen molar-refractivity contribution in [3.8, 4) is 0 Å². The lowest BCUT2D eigenvalue weighted by molar-refractivity contribution is -0.140. The number of hydrogen-bond donors (Lipinski definition) is 0. The van der Waals surface area contributed by atoms with Crippen LogP contribution in [-0.4, -0.2) is 48.5 Å². The largest absolute Gasteiger partial charge is 0.459 e. The number of aromatic nitrogens is 1. The zero-order valence-electron chi connectivity index (χ0n) is 21.6. The predicted octanol–water partition coefficient (Wildman–Crippen LogP) is 5.63. The molecule has 7 nitrogen and oxygen atoms in total. The minimum absolute atomic E-state index is 0.0219. The van der Waals surface area contributed by atoms with Gasteiger partial charge < -0.3 is 14.2 Å². The first-order valence-electron chi connectivity index (χ1n) is 12.0. The maximum Gasteiger partial charge on any atom is 0.338 e. The molecule has 2 heterocycles. The van der Waals surface area contributed by atoms with Gasteiger partial charge in [-0.2, -0.15) is 0 Å². The van der Waals surface area contributed by atoms with Crippen LogP contribution in [0.4, 0.5) is 0 Å². The lowest BCUT2D eigenvalue weighted by Gasteiger charge is -2.35. The number of pyridine rings is 1. The van der Waals surface area contributed by atoms with Gasteiger partial charge in [-0.15, -0.1) is 23.5 Å². The number of hydrogen-bond acceptors (Lipinski definition) is 9. The van der Waals surface area contributed by atoms with Crippen LogP contribution in [0.25, 0.3) is 0 Å². The van der Waals surface area contributed by atoms with Crippen LogP contribution >= 0.6 is 23.5 Å². The van der Waals surface area contributed by atoms with Gasteiger partial charge in [0.2, 0.25) is 0 Å². The van der Waals surface area contributed by atoms with Crippen LogP contribution < -0.4 is 0 Å². The topological polar surface area (TPSA) is 91.8 Å². The molecule has 38 heavy (non-hydrogen) atoms. The van der Waals surface area contributed by atoms with E-state index >= 15 is 0 Å². The van der Waals surface area contributed by atoms with E-state index < -0.39 is 11.9 Å². The molecule has 0 N–H and O–H groups in total. The Morgan fingerprint density at radius 1 is 0.974 bits per heavy atom. The Morgan fingerprint density at radius 3 is 2.26 bits per heavy atom. The van der Waals surface area contributed by atoms with E-state index in [-0.39, 0.29) is 29.9 Å². The van der Waals surface area contributed by atoms with Gasteiger partial charge in [-0.25, -0.2) is 14.4 Å². The molecule has 0 saturated heterocycles. The molecular weight excluding hydrogens is 522 g/mol. The standard InChI is InChI=1S/C29H31NO6S2/c1-20(2)26(31)34-15-16-35-28(33)24-10-8-22(9-11-24)18-37-29(25-7-5-6-14-30-25)13-12-23(19-38-29)17-36-27(32)21(3)4/h5-12,14H,1,3,13,15-19H2,2,4H3. The van der Waals surface area contributed by atoms with E-state index in [0.717, 1.165) is 29.0 Å². The number of nitrogens with zero attached hydrogens (tertiary/aromatic N) is 1. The summed E-state index contributed by atoms with van der Waals surface area (Å²) in [4.78, 5) is 40.1. The van der Waals surface area contributed by atoms with Gasteiger partial charge in [-0.3, -0.25) is 4.98 Å². The number of carbonyl (C=O) groups excluding carboxylic acids is 3. The van der Waals surface area contributed by atoms with E-state index in [0.29, 0.717) is 22.5 Å². The minimum atomic E-state index is -0.513. The van der Waals surface area contributed by atoms with Gasteiger partial charge >= 0.3 is 17.9 Å². The van der Waals surface area contributed by atoms with Crippen LogP contribution in [0.5, 0.6) is 0 Å². The number of carbonyl (C=O) groups is 3. The van der Waals surface area contributed by atoms with Crippen LogP contribution in [-0.2, 0) is 33.6 Å². The smallest absolute Gasteiger partial charge is 0.338 e. The zero-order chi connectivity index (χ0) is 27.5. The Labute approximate surface area is 231 Å². The van der Waals surface area contributed by atoms with E-state index in [1.807, 2.05) is 30.3 Å². The molecule has 0 fully saturated rings. The normalized spacial score (nSPS) is 16.6. The molecule has 1 aromatic carbocycles. The fourth-order valence-corrected chi connectivity index (χ4v) is 6.18.